The van der Waals surface area contributed by atoms with E-state index < -0.39 is 0 Å². The Bertz CT molecular complexity index is 22.6. The van der Waals surface area contributed by atoms with Crippen molar-refractivity contribution in [3.63, 3.8) is 0 Å². The van der Waals surface area contributed by atoms with Gasteiger partial charge in [-0.25, -0.2) is 0 Å². The van der Waals surface area contributed by atoms with Crippen LogP contribution in [0.2, 0.25) is 6.32 Å². The fourth-order valence-corrected chi connectivity index (χ4v) is 0.295. The summed E-state index contributed by atoms with van der Waals surface area (Å²) >= 11 is 0. The minimum absolute atomic E-state index is 0. The summed E-state index contributed by atoms with van der Waals surface area (Å²) < 4.78 is 0. The Morgan fingerprint density at radius 2 is 1.56 bits per heavy atom. The first-order chi connectivity index (χ1) is 2.50. The molecule has 8 N–H and O–H groups in total. The Labute approximate surface area is 53.2 Å². The highest BCUT2D eigenvalue weighted by Crippen LogP contribution is 1.91. The Morgan fingerprint density at radius 3 is 1.67 bits per heavy atom. The van der Waals surface area contributed by atoms with Gasteiger partial charge in [-0.1, -0.05) is 0 Å². The summed E-state index contributed by atoms with van der Waals surface area (Å²) in [6.07, 6.45) is 1.06. The van der Waals surface area contributed by atoms with Crippen LogP contribution in [0, 0.1) is 0 Å². The van der Waals surface area contributed by atoms with E-state index in [1.807, 2.05) is 0 Å². The topological polar surface area (TPSA) is 144 Å². The molecule has 0 saturated carbocycles. The zero-order chi connectivity index (χ0) is 3.54. The van der Waals surface area contributed by atoms with E-state index in [9.17, 15) is 0 Å². The minimum atomic E-state index is 0. The fourth-order valence-electron chi connectivity index (χ4n) is 0.295. The number of hydrogen-bond donors (Lipinski definition) is 0. The van der Waals surface area contributed by atoms with E-state index in [1.54, 1.807) is 0 Å². The van der Waals surface area contributed by atoms with E-state index in [0.29, 0.717) is 0 Å². The monoisotopic (exact) mass is 144 g/mol. The van der Waals surface area contributed by atoms with Crippen LogP contribution >= 0.6 is 0 Å². The summed E-state index contributed by atoms with van der Waals surface area (Å²) in [4.78, 5) is 8.89. The third-order valence-electron chi connectivity index (χ3n) is 0.539. The van der Waals surface area contributed by atoms with Crippen LogP contribution in [-0.2, 0) is 9.69 Å². The van der Waals surface area contributed by atoms with Gasteiger partial charge in [0.05, 0.1) is 6.61 Å². The van der Waals surface area contributed by atoms with Crippen molar-refractivity contribution in [2.45, 2.75) is 6.32 Å². The molecule has 0 amide bonds. The van der Waals surface area contributed by atoms with Crippen LogP contribution in [-0.4, -0.2) is 36.0 Å². The van der Waals surface area contributed by atoms with E-state index in [0.717, 1.165) is 20.4 Å². The van der Waals surface area contributed by atoms with E-state index >= 15 is 0 Å². The van der Waals surface area contributed by atoms with Crippen LogP contribution in [0.3, 0.4) is 0 Å². The second-order valence-corrected chi connectivity index (χ2v) is 0.998. The maximum absolute atomic E-state index is 4.44. The summed E-state index contributed by atoms with van der Waals surface area (Å²) in [5.41, 5.74) is 0. The molecule has 0 atom stereocenters. The van der Waals surface area contributed by atoms with E-state index in [2.05, 4.69) is 9.69 Å². The third kappa shape index (κ3) is 11.4. The SMILES string of the molecule is B1CCOO1.O.O.O.O. The van der Waals surface area contributed by atoms with E-state index in [4.69, 9.17) is 0 Å². The molecule has 1 aliphatic rings. The van der Waals surface area contributed by atoms with Gasteiger partial charge in [-0.15, -0.1) is 0 Å². The fraction of sp³-hybridized carbons (Fsp3) is 1.00. The van der Waals surface area contributed by atoms with Gasteiger partial charge in [0.1, 0.15) is 0 Å². The molecule has 1 saturated heterocycles. The number of rotatable bonds is 0. The molecular weight excluding hydrogens is 131 g/mol. The highest BCUT2D eigenvalue weighted by Gasteiger charge is 1.99. The molecule has 1 aliphatic heterocycles. The molecule has 0 aromatic carbocycles. The summed E-state index contributed by atoms with van der Waals surface area (Å²) in [6, 6.07) is 0. The molecule has 60 valence electrons. The van der Waals surface area contributed by atoms with Gasteiger partial charge in [0.25, 0.3) is 0 Å². The molecule has 9 heavy (non-hydrogen) atoms. The highest BCUT2D eigenvalue weighted by atomic mass is 17.2. The first-order valence-corrected chi connectivity index (χ1v) is 1.74. The van der Waals surface area contributed by atoms with Crippen molar-refractivity contribution in [3.8, 4) is 0 Å². The molecule has 6 nitrogen and oxygen atoms in total. The standard InChI is InChI=1S/C2H5BO2.4H2O/c1-2-4-5-3-1;;;;/h3H,1-2H2;4*1H2. The van der Waals surface area contributed by atoms with Crippen molar-refractivity contribution in [3.05, 3.63) is 0 Å². The van der Waals surface area contributed by atoms with Crippen molar-refractivity contribution >= 4 is 7.48 Å². The minimum Gasteiger partial charge on any atom is -0.412 e. The predicted molar refractivity (Wildman–Crippen MR) is 33.4 cm³/mol. The Balaban J connectivity index is -0.0000000312. The van der Waals surface area contributed by atoms with Gasteiger partial charge in [0, 0.05) is 0 Å². The zero-order valence-corrected chi connectivity index (χ0v) is 4.94. The van der Waals surface area contributed by atoms with Gasteiger partial charge in [-0.2, -0.15) is 0 Å². The number of hydrogen-bond acceptors (Lipinski definition) is 2. The molecule has 0 spiro atoms. The van der Waals surface area contributed by atoms with E-state index in [1.165, 1.54) is 0 Å². The van der Waals surface area contributed by atoms with Gasteiger partial charge in [0.15, 0.2) is 0 Å². The molecule has 0 radical (unpaired) electrons. The van der Waals surface area contributed by atoms with Crippen molar-refractivity contribution < 1.29 is 31.6 Å². The first kappa shape index (κ1) is 23.2. The molecule has 1 fully saturated rings. The molecule has 0 bridgehead atoms. The summed E-state index contributed by atoms with van der Waals surface area (Å²) in [5.74, 6) is 0. The van der Waals surface area contributed by atoms with E-state index in [-0.39, 0.29) is 21.9 Å². The lowest BCUT2D eigenvalue weighted by Crippen LogP contribution is -1.78. The zero-order valence-electron chi connectivity index (χ0n) is 4.94. The lowest BCUT2D eigenvalue weighted by molar-refractivity contribution is -0.181. The largest absolute Gasteiger partial charge is 0.412 e. The second-order valence-electron chi connectivity index (χ2n) is 0.998. The van der Waals surface area contributed by atoms with Crippen LogP contribution in [0.5, 0.6) is 0 Å². The maximum atomic E-state index is 4.44. The lowest BCUT2D eigenvalue weighted by atomic mass is 9.99. The van der Waals surface area contributed by atoms with Gasteiger partial charge >= 0.3 is 7.48 Å². The predicted octanol–water partition coefficient (Wildman–Crippen LogP) is -3.58. The lowest BCUT2D eigenvalue weighted by Gasteiger charge is -1.79. The molecule has 7 heteroatoms. The molecule has 0 aliphatic carbocycles. The molecule has 1 heterocycles. The Kier molecular flexibility index (Phi) is 40.4. The van der Waals surface area contributed by atoms with Gasteiger partial charge in [0.2, 0.25) is 0 Å². The van der Waals surface area contributed by atoms with Crippen LogP contribution in [0.25, 0.3) is 0 Å². The van der Waals surface area contributed by atoms with Gasteiger partial charge in [-0.05, 0) is 6.32 Å². The quantitative estimate of drug-likeness (QED) is 0.255. The Morgan fingerprint density at radius 1 is 1.00 bits per heavy atom. The highest BCUT2D eigenvalue weighted by molar-refractivity contribution is 6.27. The van der Waals surface area contributed by atoms with Crippen LogP contribution in [0.4, 0.5) is 0 Å². The van der Waals surface area contributed by atoms with Crippen LogP contribution < -0.4 is 0 Å². The average molecular weight is 144 g/mol. The van der Waals surface area contributed by atoms with Crippen LogP contribution in [0.1, 0.15) is 0 Å². The van der Waals surface area contributed by atoms with Crippen molar-refractivity contribution in [1.82, 2.24) is 0 Å². The average Bonchev–Trinajstić information content (AvgIpc) is 1.76. The van der Waals surface area contributed by atoms with Crippen molar-refractivity contribution in [2.75, 3.05) is 6.61 Å². The first-order valence-electron chi connectivity index (χ1n) is 1.74. The molecule has 0 unspecified atom stereocenters. The third-order valence-corrected chi connectivity index (χ3v) is 0.539. The molecule has 0 aromatic rings. The smallest absolute Gasteiger partial charge is 0.325 e. The summed E-state index contributed by atoms with van der Waals surface area (Å²) in [5, 5.41) is 0. The maximum Gasteiger partial charge on any atom is 0.325 e. The molecular formula is C2H13BO6. The summed E-state index contributed by atoms with van der Waals surface area (Å²) in [6.45, 7) is 0.778. The second kappa shape index (κ2) is 15.7. The van der Waals surface area contributed by atoms with Gasteiger partial charge in [-0.3, -0.25) is 4.89 Å². The van der Waals surface area contributed by atoms with Crippen molar-refractivity contribution in [1.29, 1.82) is 0 Å². The van der Waals surface area contributed by atoms with Gasteiger partial charge < -0.3 is 26.7 Å². The summed E-state index contributed by atoms with van der Waals surface area (Å²) in [7, 11) is 0.778. The van der Waals surface area contributed by atoms with Crippen molar-refractivity contribution in [2.24, 2.45) is 0 Å². The Hall–Kier alpha value is -0.175. The van der Waals surface area contributed by atoms with Crippen LogP contribution in [0.15, 0.2) is 0 Å². The molecule has 0 aromatic heterocycles. The normalized spacial score (nSPS) is 12.4. The molecule has 1 rings (SSSR count).